The molecule has 0 aliphatic rings. The van der Waals surface area contributed by atoms with Gasteiger partial charge < -0.3 is 9.32 Å². The molecule has 7 aromatic rings. The van der Waals surface area contributed by atoms with Crippen LogP contribution >= 0.6 is 0 Å². The van der Waals surface area contributed by atoms with Gasteiger partial charge in [-0.3, -0.25) is 0 Å². The molecule has 0 atom stereocenters. The Morgan fingerprint density at radius 1 is 0.444 bits per heavy atom. The predicted octanol–water partition coefficient (Wildman–Crippen LogP) is 9.88. The molecule has 36 heavy (non-hydrogen) atoms. The molecule has 0 unspecified atom stereocenters. The highest BCUT2D eigenvalue weighted by molar-refractivity contribution is 6.09. The number of furan rings is 1. The summed E-state index contributed by atoms with van der Waals surface area (Å²) in [6.45, 7) is 0. The summed E-state index contributed by atoms with van der Waals surface area (Å²) in [5, 5.41) is 4.74. The van der Waals surface area contributed by atoms with Crippen molar-refractivity contribution in [2.75, 3.05) is 4.90 Å². The van der Waals surface area contributed by atoms with E-state index < -0.39 is 0 Å². The van der Waals surface area contributed by atoms with Gasteiger partial charge in [0.25, 0.3) is 0 Å². The van der Waals surface area contributed by atoms with Crippen LogP contribution in [0.2, 0.25) is 0 Å². The first-order chi connectivity index (χ1) is 17.8. The Morgan fingerprint density at radius 2 is 1.14 bits per heavy atom. The third-order valence-corrected chi connectivity index (χ3v) is 6.83. The van der Waals surface area contributed by atoms with Crippen LogP contribution in [0, 0.1) is 0 Å². The molecule has 0 bridgehead atoms. The number of benzene rings is 6. The van der Waals surface area contributed by atoms with E-state index in [2.05, 4.69) is 132 Å². The molecule has 0 aliphatic heterocycles. The number of rotatable bonds is 4. The third kappa shape index (κ3) is 3.43. The van der Waals surface area contributed by atoms with Crippen LogP contribution in [-0.2, 0) is 0 Å². The summed E-state index contributed by atoms with van der Waals surface area (Å²) in [7, 11) is 0. The van der Waals surface area contributed by atoms with Crippen molar-refractivity contribution in [2.24, 2.45) is 0 Å². The number of fused-ring (bicyclic) bond motifs is 4. The van der Waals surface area contributed by atoms with Crippen molar-refractivity contribution in [1.82, 2.24) is 0 Å². The van der Waals surface area contributed by atoms with Crippen LogP contribution in [0.4, 0.5) is 17.1 Å². The number of hydrogen-bond acceptors (Lipinski definition) is 2. The lowest BCUT2D eigenvalue weighted by atomic mass is 10.0. The van der Waals surface area contributed by atoms with E-state index in [0.717, 1.165) is 50.1 Å². The maximum absolute atomic E-state index is 6.34. The number of anilines is 3. The van der Waals surface area contributed by atoms with Gasteiger partial charge >= 0.3 is 0 Å². The molecule has 1 heterocycles. The molecular weight excluding hydrogens is 438 g/mol. The first-order valence-corrected chi connectivity index (χ1v) is 12.2. The quantitative estimate of drug-likeness (QED) is 0.259. The number of nitrogens with zero attached hydrogens (tertiary/aromatic N) is 1. The predicted molar refractivity (Wildman–Crippen MR) is 151 cm³/mol. The molecule has 1 aromatic heterocycles. The zero-order valence-electron chi connectivity index (χ0n) is 19.6. The molecule has 0 saturated heterocycles. The molecule has 0 N–H and O–H groups in total. The molecule has 0 fully saturated rings. The monoisotopic (exact) mass is 461 g/mol. The first-order valence-electron chi connectivity index (χ1n) is 12.2. The standard InChI is InChI=1S/C34H23NO/c1-2-13-27(14-3-1)35(29-21-20-24-10-4-5-11-25(24)22-29)28-15-8-12-26(23-28)30-17-9-18-32-31-16-6-7-19-33(31)36-34(30)32/h1-23H. The van der Waals surface area contributed by atoms with Gasteiger partial charge in [0.15, 0.2) is 0 Å². The van der Waals surface area contributed by atoms with Gasteiger partial charge in [-0.2, -0.15) is 0 Å². The van der Waals surface area contributed by atoms with Gasteiger partial charge in [0.2, 0.25) is 0 Å². The molecule has 2 heteroatoms. The third-order valence-electron chi connectivity index (χ3n) is 6.83. The van der Waals surface area contributed by atoms with Gasteiger partial charge in [0.1, 0.15) is 11.2 Å². The Morgan fingerprint density at radius 3 is 2.06 bits per heavy atom. The summed E-state index contributed by atoms with van der Waals surface area (Å²) >= 11 is 0. The Kier molecular flexibility index (Phi) is 4.82. The van der Waals surface area contributed by atoms with Gasteiger partial charge in [-0.05, 0) is 58.8 Å². The smallest absolute Gasteiger partial charge is 0.143 e. The second kappa shape index (κ2) is 8.44. The van der Waals surface area contributed by atoms with Crippen molar-refractivity contribution in [1.29, 1.82) is 0 Å². The second-order valence-corrected chi connectivity index (χ2v) is 9.03. The number of para-hydroxylation sites is 3. The van der Waals surface area contributed by atoms with E-state index in [1.165, 1.54) is 10.8 Å². The van der Waals surface area contributed by atoms with Crippen LogP contribution < -0.4 is 4.90 Å². The van der Waals surface area contributed by atoms with E-state index in [1.54, 1.807) is 0 Å². The fourth-order valence-electron chi connectivity index (χ4n) is 5.13. The summed E-state index contributed by atoms with van der Waals surface area (Å²) in [6.07, 6.45) is 0. The summed E-state index contributed by atoms with van der Waals surface area (Å²) in [6, 6.07) is 49.0. The van der Waals surface area contributed by atoms with Gasteiger partial charge in [0.05, 0.1) is 0 Å². The van der Waals surface area contributed by atoms with Crippen LogP contribution in [0.15, 0.2) is 144 Å². The van der Waals surface area contributed by atoms with Crippen molar-refractivity contribution >= 4 is 49.8 Å². The Hall–Kier alpha value is -4.82. The Balaban J connectivity index is 1.41. The minimum atomic E-state index is 0.915. The van der Waals surface area contributed by atoms with Crippen molar-refractivity contribution in [3.63, 3.8) is 0 Å². The average Bonchev–Trinajstić information content (AvgIpc) is 3.33. The maximum Gasteiger partial charge on any atom is 0.143 e. The SMILES string of the molecule is c1ccc(N(c2cccc(-c3cccc4c3oc3ccccc34)c2)c2ccc3ccccc3c2)cc1. The summed E-state index contributed by atoms with van der Waals surface area (Å²) < 4.78 is 6.34. The normalized spacial score (nSPS) is 11.3. The highest BCUT2D eigenvalue weighted by Gasteiger charge is 2.16. The van der Waals surface area contributed by atoms with Crippen molar-refractivity contribution in [2.45, 2.75) is 0 Å². The second-order valence-electron chi connectivity index (χ2n) is 9.03. The van der Waals surface area contributed by atoms with Crippen LogP contribution in [0.3, 0.4) is 0 Å². The van der Waals surface area contributed by atoms with Gasteiger partial charge in [-0.1, -0.05) is 97.1 Å². The molecule has 2 nitrogen and oxygen atoms in total. The fraction of sp³-hybridized carbons (Fsp3) is 0. The van der Waals surface area contributed by atoms with Gasteiger partial charge in [-0.15, -0.1) is 0 Å². The van der Waals surface area contributed by atoms with Crippen LogP contribution in [0.5, 0.6) is 0 Å². The molecule has 6 aromatic carbocycles. The Labute approximate surface area is 209 Å². The van der Waals surface area contributed by atoms with Crippen molar-refractivity contribution in [3.05, 3.63) is 140 Å². The average molecular weight is 462 g/mol. The first kappa shape index (κ1) is 20.5. The minimum absolute atomic E-state index is 0.915. The van der Waals surface area contributed by atoms with E-state index in [4.69, 9.17) is 4.42 Å². The highest BCUT2D eigenvalue weighted by Crippen LogP contribution is 2.40. The molecular formula is C34H23NO. The number of hydrogen-bond donors (Lipinski definition) is 0. The van der Waals surface area contributed by atoms with E-state index in [0.29, 0.717) is 0 Å². The van der Waals surface area contributed by atoms with E-state index in [-0.39, 0.29) is 0 Å². The summed E-state index contributed by atoms with van der Waals surface area (Å²) in [5.41, 5.74) is 7.40. The van der Waals surface area contributed by atoms with E-state index in [9.17, 15) is 0 Å². The van der Waals surface area contributed by atoms with Gasteiger partial charge in [0, 0.05) is 33.4 Å². The topological polar surface area (TPSA) is 16.4 Å². The van der Waals surface area contributed by atoms with Gasteiger partial charge in [-0.25, -0.2) is 0 Å². The minimum Gasteiger partial charge on any atom is -0.455 e. The molecule has 0 amide bonds. The molecule has 0 aliphatic carbocycles. The van der Waals surface area contributed by atoms with Crippen LogP contribution in [-0.4, -0.2) is 0 Å². The maximum atomic E-state index is 6.34. The summed E-state index contributed by atoms with van der Waals surface area (Å²) in [5.74, 6) is 0. The molecule has 0 spiro atoms. The lowest BCUT2D eigenvalue weighted by molar-refractivity contribution is 0.670. The van der Waals surface area contributed by atoms with Crippen LogP contribution in [0.25, 0.3) is 43.8 Å². The zero-order chi connectivity index (χ0) is 23.9. The molecule has 0 saturated carbocycles. The largest absolute Gasteiger partial charge is 0.455 e. The fourth-order valence-corrected chi connectivity index (χ4v) is 5.13. The van der Waals surface area contributed by atoms with Crippen molar-refractivity contribution < 1.29 is 4.42 Å². The van der Waals surface area contributed by atoms with E-state index >= 15 is 0 Å². The Bertz CT molecular complexity index is 1850. The molecule has 0 radical (unpaired) electrons. The molecule has 170 valence electrons. The zero-order valence-corrected chi connectivity index (χ0v) is 19.6. The highest BCUT2D eigenvalue weighted by atomic mass is 16.3. The lowest BCUT2D eigenvalue weighted by Gasteiger charge is -2.26. The van der Waals surface area contributed by atoms with Crippen molar-refractivity contribution in [3.8, 4) is 11.1 Å². The van der Waals surface area contributed by atoms with E-state index in [1.807, 2.05) is 12.1 Å². The lowest BCUT2D eigenvalue weighted by Crippen LogP contribution is -2.09. The molecule has 7 rings (SSSR count). The van der Waals surface area contributed by atoms with Crippen LogP contribution in [0.1, 0.15) is 0 Å². The summed E-state index contributed by atoms with van der Waals surface area (Å²) in [4.78, 5) is 2.31.